The highest BCUT2D eigenvalue weighted by atomic mass is 35.5. The number of hydrogen-bond acceptors (Lipinski definition) is 2. The molecule has 16 heavy (non-hydrogen) atoms. The van der Waals surface area contributed by atoms with Crippen molar-refractivity contribution in [1.82, 2.24) is 5.32 Å². The summed E-state index contributed by atoms with van der Waals surface area (Å²) in [6.07, 6.45) is -0.172. The van der Waals surface area contributed by atoms with Crippen molar-refractivity contribution in [2.45, 2.75) is 20.1 Å². The van der Waals surface area contributed by atoms with E-state index in [1.54, 1.807) is 6.07 Å². The maximum absolute atomic E-state index is 13.0. The molecule has 90 valence electrons. The second-order valence-electron chi connectivity index (χ2n) is 4.79. The smallest absolute Gasteiger partial charge is 0.134 e. The van der Waals surface area contributed by atoms with Gasteiger partial charge in [-0.15, -0.1) is 12.4 Å². The Balaban J connectivity index is 0.00000128. The minimum Gasteiger partial charge on any atom is -0.358 e. The van der Waals surface area contributed by atoms with Crippen LogP contribution in [0.3, 0.4) is 0 Å². The molecule has 0 radical (unpaired) electrons. The first-order valence-electron chi connectivity index (χ1n) is 5.17. The molecule has 0 aromatic heterocycles. The van der Waals surface area contributed by atoms with Crippen molar-refractivity contribution >= 4 is 12.4 Å². The Morgan fingerprint density at radius 3 is 2.75 bits per heavy atom. The lowest BCUT2D eigenvalue weighted by Crippen LogP contribution is -2.43. The highest BCUT2D eigenvalue weighted by molar-refractivity contribution is 5.85. The van der Waals surface area contributed by atoms with E-state index in [1.165, 1.54) is 12.1 Å². The van der Waals surface area contributed by atoms with Crippen molar-refractivity contribution in [3.05, 3.63) is 35.6 Å². The van der Waals surface area contributed by atoms with Crippen LogP contribution in [0.2, 0.25) is 0 Å². The zero-order valence-corrected chi connectivity index (χ0v) is 10.3. The Hall–Kier alpha value is -0.640. The van der Waals surface area contributed by atoms with E-state index in [4.69, 9.17) is 4.74 Å². The fourth-order valence-corrected chi connectivity index (χ4v) is 1.67. The highest BCUT2D eigenvalue weighted by Crippen LogP contribution is 2.26. The third-order valence-corrected chi connectivity index (χ3v) is 2.56. The molecule has 0 aliphatic carbocycles. The second-order valence-corrected chi connectivity index (χ2v) is 4.79. The molecule has 1 N–H and O–H groups in total. The molecule has 1 saturated heterocycles. The molecule has 1 unspecified atom stereocenters. The van der Waals surface area contributed by atoms with Crippen molar-refractivity contribution in [1.29, 1.82) is 0 Å². The SMILES string of the molecule is CC1(C)CNC(c2cccc(F)c2)OC1.Cl. The first kappa shape index (κ1) is 13.4. The van der Waals surface area contributed by atoms with E-state index in [0.29, 0.717) is 6.61 Å². The van der Waals surface area contributed by atoms with Gasteiger partial charge in [-0.3, -0.25) is 5.32 Å². The van der Waals surface area contributed by atoms with Crippen LogP contribution in [0.5, 0.6) is 0 Å². The van der Waals surface area contributed by atoms with Gasteiger partial charge in [-0.25, -0.2) is 4.39 Å². The number of benzene rings is 1. The predicted octanol–water partition coefficient (Wildman–Crippen LogP) is 2.89. The highest BCUT2D eigenvalue weighted by Gasteiger charge is 2.27. The van der Waals surface area contributed by atoms with Gasteiger partial charge in [-0.1, -0.05) is 26.0 Å². The minimum absolute atomic E-state index is 0. The quantitative estimate of drug-likeness (QED) is 0.822. The molecule has 0 amide bonds. The molecular weight excluding hydrogens is 229 g/mol. The lowest BCUT2D eigenvalue weighted by Gasteiger charge is -2.35. The molecule has 2 rings (SSSR count). The zero-order valence-electron chi connectivity index (χ0n) is 9.50. The van der Waals surface area contributed by atoms with Gasteiger partial charge in [0.25, 0.3) is 0 Å². The average molecular weight is 246 g/mol. The van der Waals surface area contributed by atoms with Crippen LogP contribution in [0, 0.1) is 11.2 Å². The van der Waals surface area contributed by atoms with Gasteiger partial charge in [-0.2, -0.15) is 0 Å². The van der Waals surface area contributed by atoms with E-state index < -0.39 is 0 Å². The first-order chi connectivity index (χ1) is 7.07. The van der Waals surface area contributed by atoms with E-state index in [2.05, 4.69) is 19.2 Å². The van der Waals surface area contributed by atoms with E-state index in [-0.39, 0.29) is 29.9 Å². The van der Waals surface area contributed by atoms with Crippen LogP contribution in [-0.4, -0.2) is 13.2 Å². The summed E-state index contributed by atoms with van der Waals surface area (Å²) in [4.78, 5) is 0. The van der Waals surface area contributed by atoms with E-state index >= 15 is 0 Å². The third kappa shape index (κ3) is 3.17. The molecule has 1 aromatic rings. The average Bonchev–Trinajstić information content (AvgIpc) is 2.17. The van der Waals surface area contributed by atoms with Crippen molar-refractivity contribution < 1.29 is 9.13 Å². The molecule has 2 nitrogen and oxygen atoms in total. The fraction of sp³-hybridized carbons (Fsp3) is 0.500. The van der Waals surface area contributed by atoms with E-state index in [9.17, 15) is 4.39 Å². The van der Waals surface area contributed by atoms with Crippen molar-refractivity contribution in [3.8, 4) is 0 Å². The molecule has 1 aromatic carbocycles. The number of hydrogen-bond donors (Lipinski definition) is 1. The minimum atomic E-state index is -0.220. The molecule has 1 fully saturated rings. The summed E-state index contributed by atoms with van der Waals surface area (Å²) in [6.45, 7) is 5.86. The van der Waals surface area contributed by atoms with Gasteiger partial charge in [-0.05, 0) is 17.7 Å². The molecule has 0 bridgehead atoms. The molecule has 1 aliphatic rings. The maximum Gasteiger partial charge on any atom is 0.134 e. The molecule has 4 heteroatoms. The molecule has 0 spiro atoms. The first-order valence-corrected chi connectivity index (χ1v) is 5.17. The van der Waals surface area contributed by atoms with Crippen LogP contribution in [0.1, 0.15) is 25.6 Å². The summed E-state index contributed by atoms with van der Waals surface area (Å²) in [5, 5.41) is 3.26. The molecule has 1 heterocycles. The fourth-order valence-electron chi connectivity index (χ4n) is 1.67. The topological polar surface area (TPSA) is 21.3 Å². The van der Waals surface area contributed by atoms with Crippen molar-refractivity contribution in [2.24, 2.45) is 5.41 Å². The standard InChI is InChI=1S/C12H16FNO.ClH/c1-12(2)7-14-11(15-8-12)9-4-3-5-10(13)6-9;/h3-6,11,14H,7-8H2,1-2H3;1H. The monoisotopic (exact) mass is 245 g/mol. The Kier molecular flexibility index (Phi) is 4.30. The Morgan fingerprint density at radius 2 is 2.19 bits per heavy atom. The van der Waals surface area contributed by atoms with Crippen LogP contribution in [0.15, 0.2) is 24.3 Å². The Bertz CT molecular complexity index is 347. The van der Waals surface area contributed by atoms with Crippen LogP contribution >= 0.6 is 12.4 Å². The number of ether oxygens (including phenoxy) is 1. The Labute approximate surface area is 102 Å². The summed E-state index contributed by atoms with van der Waals surface area (Å²) < 4.78 is 18.6. The van der Waals surface area contributed by atoms with Gasteiger partial charge in [0.05, 0.1) is 6.61 Å². The number of rotatable bonds is 1. The lowest BCUT2D eigenvalue weighted by atomic mass is 9.93. The van der Waals surface area contributed by atoms with Crippen LogP contribution in [0.4, 0.5) is 4.39 Å². The lowest BCUT2D eigenvalue weighted by molar-refractivity contribution is -0.0596. The molecule has 1 aliphatic heterocycles. The van der Waals surface area contributed by atoms with Gasteiger partial charge in [0.15, 0.2) is 0 Å². The predicted molar refractivity (Wildman–Crippen MR) is 64.1 cm³/mol. The number of nitrogens with one attached hydrogen (secondary N) is 1. The number of halogens is 2. The van der Waals surface area contributed by atoms with Gasteiger partial charge in [0.1, 0.15) is 12.0 Å². The molecule has 1 atom stereocenters. The van der Waals surface area contributed by atoms with Gasteiger partial charge in [0, 0.05) is 12.0 Å². The zero-order chi connectivity index (χ0) is 10.9. The maximum atomic E-state index is 13.0. The summed E-state index contributed by atoms with van der Waals surface area (Å²) >= 11 is 0. The van der Waals surface area contributed by atoms with E-state index in [0.717, 1.165) is 12.1 Å². The second kappa shape index (κ2) is 5.13. The molecule has 0 saturated carbocycles. The van der Waals surface area contributed by atoms with Crippen molar-refractivity contribution in [2.75, 3.05) is 13.2 Å². The third-order valence-electron chi connectivity index (χ3n) is 2.56. The van der Waals surface area contributed by atoms with E-state index in [1.807, 2.05) is 6.07 Å². The Morgan fingerprint density at radius 1 is 1.44 bits per heavy atom. The van der Waals surface area contributed by atoms with Gasteiger partial charge < -0.3 is 4.74 Å². The van der Waals surface area contributed by atoms with Crippen molar-refractivity contribution in [3.63, 3.8) is 0 Å². The van der Waals surface area contributed by atoms with Crippen LogP contribution in [0.25, 0.3) is 0 Å². The normalized spacial score (nSPS) is 23.6. The summed E-state index contributed by atoms with van der Waals surface area (Å²) in [5.41, 5.74) is 1.01. The van der Waals surface area contributed by atoms with Gasteiger partial charge >= 0.3 is 0 Å². The summed E-state index contributed by atoms with van der Waals surface area (Å²) in [7, 11) is 0. The van der Waals surface area contributed by atoms with Crippen LogP contribution in [-0.2, 0) is 4.74 Å². The summed E-state index contributed by atoms with van der Waals surface area (Å²) in [5.74, 6) is -0.220. The molecular formula is C12H17ClFNO. The van der Waals surface area contributed by atoms with Gasteiger partial charge in [0.2, 0.25) is 0 Å². The largest absolute Gasteiger partial charge is 0.358 e. The van der Waals surface area contributed by atoms with Crippen LogP contribution < -0.4 is 5.32 Å². The summed E-state index contributed by atoms with van der Waals surface area (Å²) in [6, 6.07) is 6.53.